The van der Waals surface area contributed by atoms with Crippen LogP contribution < -0.4 is 4.90 Å². The van der Waals surface area contributed by atoms with Crippen LogP contribution in [-0.2, 0) is 4.79 Å². The Labute approximate surface area is 176 Å². The molecule has 9 heteroatoms. The Balaban J connectivity index is 1.39. The maximum absolute atomic E-state index is 13.5. The van der Waals surface area contributed by atoms with Gasteiger partial charge in [0.2, 0.25) is 5.76 Å². The molecule has 3 aromatic rings. The lowest BCUT2D eigenvalue weighted by molar-refractivity contribution is -0.121. The van der Waals surface area contributed by atoms with Gasteiger partial charge in [0, 0.05) is 23.4 Å². The van der Waals surface area contributed by atoms with Crippen molar-refractivity contribution < 1.29 is 18.9 Å². The van der Waals surface area contributed by atoms with Crippen LogP contribution in [-0.4, -0.2) is 57.5 Å². The monoisotopic (exact) mass is 413 g/mol. The number of nitriles is 1. The van der Waals surface area contributed by atoms with Crippen molar-refractivity contribution in [2.75, 3.05) is 11.4 Å². The van der Waals surface area contributed by atoms with E-state index in [-0.39, 0.29) is 29.6 Å². The van der Waals surface area contributed by atoms with Gasteiger partial charge in [-0.15, -0.1) is 0 Å². The van der Waals surface area contributed by atoms with E-state index in [1.807, 2.05) is 6.07 Å². The maximum Gasteiger partial charge on any atom is 0.332 e. The Kier molecular flexibility index (Phi) is 3.50. The highest BCUT2D eigenvalue weighted by molar-refractivity contribution is 6.25. The van der Waals surface area contributed by atoms with Gasteiger partial charge in [-0.05, 0) is 18.6 Å². The van der Waals surface area contributed by atoms with E-state index in [1.165, 1.54) is 17.2 Å². The van der Waals surface area contributed by atoms with E-state index in [4.69, 9.17) is 4.52 Å². The molecule has 0 N–H and O–H groups in total. The van der Waals surface area contributed by atoms with Gasteiger partial charge in [-0.1, -0.05) is 29.4 Å². The number of likely N-dealkylation sites (tertiary alicyclic amines) is 1. The second kappa shape index (κ2) is 6.15. The molecule has 3 fully saturated rings. The average Bonchev–Trinajstić information content (AvgIpc) is 3.57. The molecule has 0 aliphatic carbocycles. The van der Waals surface area contributed by atoms with Crippen LogP contribution in [0.25, 0.3) is 10.8 Å². The molecule has 0 radical (unpaired) electrons. The van der Waals surface area contributed by atoms with Crippen LogP contribution in [0.2, 0.25) is 0 Å². The summed E-state index contributed by atoms with van der Waals surface area (Å²) in [5.41, 5.74) is 0.925. The van der Waals surface area contributed by atoms with Gasteiger partial charge in [0.1, 0.15) is 6.04 Å². The predicted molar refractivity (Wildman–Crippen MR) is 107 cm³/mol. The van der Waals surface area contributed by atoms with Crippen LogP contribution in [0.5, 0.6) is 0 Å². The van der Waals surface area contributed by atoms with Crippen molar-refractivity contribution >= 4 is 34.3 Å². The first-order chi connectivity index (χ1) is 15.1. The first kappa shape index (κ1) is 17.7. The number of hydrogen-bond donors (Lipinski definition) is 0. The zero-order chi connectivity index (χ0) is 21.3. The lowest BCUT2D eigenvalue weighted by atomic mass is 10.0. The Bertz CT molecular complexity index is 1310. The summed E-state index contributed by atoms with van der Waals surface area (Å²) in [6, 6.07) is 12.4. The highest BCUT2D eigenvalue weighted by Crippen LogP contribution is 2.44. The SMILES string of the molecule is N#Cc1ccc(N2C(=O)C3C4CC(CN4C(=O)c4ccno4)N3C2=O)c2ccccc12. The summed E-state index contributed by atoms with van der Waals surface area (Å²) < 4.78 is 4.99. The van der Waals surface area contributed by atoms with E-state index in [2.05, 4.69) is 11.2 Å². The van der Waals surface area contributed by atoms with Crippen molar-refractivity contribution in [3.8, 4) is 6.07 Å². The van der Waals surface area contributed by atoms with E-state index in [0.717, 1.165) is 0 Å². The average molecular weight is 413 g/mol. The van der Waals surface area contributed by atoms with E-state index in [0.29, 0.717) is 35.0 Å². The van der Waals surface area contributed by atoms with E-state index < -0.39 is 12.1 Å². The standard InChI is InChI=1S/C22H15N5O4/c23-10-12-5-6-16(15-4-2-1-3-14(12)15)27-21(29)19-17-9-13(26(19)22(27)30)11-25(17)20(28)18-7-8-24-31-18/h1-8,13,17,19H,9,11H2. The smallest absolute Gasteiger partial charge is 0.332 e. The van der Waals surface area contributed by atoms with Crippen LogP contribution >= 0.6 is 0 Å². The number of piperazine rings is 1. The van der Waals surface area contributed by atoms with Crippen molar-refractivity contribution in [1.82, 2.24) is 15.0 Å². The fourth-order valence-corrected chi connectivity index (χ4v) is 5.16. The molecule has 0 spiro atoms. The third-order valence-corrected chi connectivity index (χ3v) is 6.44. The summed E-state index contributed by atoms with van der Waals surface area (Å²) in [5.74, 6) is -0.569. The van der Waals surface area contributed by atoms with Crippen LogP contribution in [0.4, 0.5) is 10.5 Å². The van der Waals surface area contributed by atoms with Crippen LogP contribution in [0, 0.1) is 11.3 Å². The number of nitrogens with zero attached hydrogens (tertiary/aromatic N) is 5. The molecule has 4 heterocycles. The largest absolute Gasteiger partial charge is 0.351 e. The van der Waals surface area contributed by atoms with Crippen molar-refractivity contribution in [2.24, 2.45) is 0 Å². The summed E-state index contributed by atoms with van der Waals surface area (Å²) >= 11 is 0. The molecular weight excluding hydrogens is 398 g/mol. The van der Waals surface area contributed by atoms with Crippen LogP contribution in [0.15, 0.2) is 53.2 Å². The number of benzene rings is 2. The molecule has 2 aromatic carbocycles. The summed E-state index contributed by atoms with van der Waals surface area (Å²) in [7, 11) is 0. The number of aromatic nitrogens is 1. The van der Waals surface area contributed by atoms with E-state index >= 15 is 0 Å². The van der Waals surface area contributed by atoms with Crippen molar-refractivity contribution in [3.05, 3.63) is 60.0 Å². The molecule has 1 aromatic heterocycles. The Morgan fingerprint density at radius 3 is 2.68 bits per heavy atom. The Morgan fingerprint density at radius 2 is 1.94 bits per heavy atom. The number of fused-ring (bicyclic) bond motifs is 6. The second-order valence-electron chi connectivity index (χ2n) is 7.89. The van der Waals surface area contributed by atoms with E-state index in [9.17, 15) is 19.6 Å². The number of imide groups is 1. The zero-order valence-corrected chi connectivity index (χ0v) is 16.1. The molecule has 9 nitrogen and oxygen atoms in total. The highest BCUT2D eigenvalue weighted by Gasteiger charge is 2.63. The number of hydrogen-bond acceptors (Lipinski definition) is 6. The third-order valence-electron chi connectivity index (χ3n) is 6.44. The number of urea groups is 1. The van der Waals surface area contributed by atoms with Gasteiger partial charge in [0.15, 0.2) is 0 Å². The van der Waals surface area contributed by atoms with Gasteiger partial charge in [0.25, 0.3) is 11.8 Å². The predicted octanol–water partition coefficient (Wildman–Crippen LogP) is 2.13. The number of anilines is 1. The molecular formula is C22H15N5O4. The number of carbonyl (C=O) groups is 3. The summed E-state index contributed by atoms with van der Waals surface area (Å²) in [6.45, 7) is 0.349. The molecule has 2 bridgehead atoms. The van der Waals surface area contributed by atoms with Gasteiger partial charge < -0.3 is 14.3 Å². The Hall–Kier alpha value is -4.19. The summed E-state index contributed by atoms with van der Waals surface area (Å²) in [5, 5.41) is 14.3. The molecule has 3 aliphatic rings. The fraction of sp³-hybridized carbons (Fsp3) is 0.227. The summed E-state index contributed by atoms with van der Waals surface area (Å²) in [6.07, 6.45) is 1.96. The van der Waals surface area contributed by atoms with Gasteiger partial charge in [-0.25, -0.2) is 9.69 Å². The maximum atomic E-state index is 13.5. The molecule has 6 rings (SSSR count). The van der Waals surface area contributed by atoms with Gasteiger partial charge in [0.05, 0.1) is 35.6 Å². The van der Waals surface area contributed by atoms with Gasteiger partial charge in [-0.3, -0.25) is 9.59 Å². The fourth-order valence-electron chi connectivity index (χ4n) is 5.16. The third kappa shape index (κ3) is 2.24. The minimum absolute atomic E-state index is 0.116. The molecule has 31 heavy (non-hydrogen) atoms. The zero-order valence-electron chi connectivity index (χ0n) is 16.1. The minimum Gasteiger partial charge on any atom is -0.351 e. The lowest BCUT2D eigenvalue weighted by Crippen LogP contribution is -2.54. The quantitative estimate of drug-likeness (QED) is 0.595. The normalized spacial score (nSPS) is 24.2. The molecule has 3 atom stereocenters. The van der Waals surface area contributed by atoms with Crippen molar-refractivity contribution in [1.29, 1.82) is 5.26 Å². The van der Waals surface area contributed by atoms with Crippen LogP contribution in [0.3, 0.4) is 0 Å². The van der Waals surface area contributed by atoms with E-state index in [1.54, 1.807) is 40.1 Å². The minimum atomic E-state index is -0.729. The number of rotatable bonds is 2. The number of amides is 4. The molecule has 3 aliphatic heterocycles. The topological polar surface area (TPSA) is 111 Å². The molecule has 3 unspecified atom stereocenters. The first-order valence-corrected chi connectivity index (χ1v) is 9.90. The molecule has 152 valence electrons. The molecule has 0 saturated carbocycles. The summed E-state index contributed by atoms with van der Waals surface area (Å²) in [4.78, 5) is 44.0. The van der Waals surface area contributed by atoms with Crippen molar-refractivity contribution in [3.63, 3.8) is 0 Å². The second-order valence-corrected chi connectivity index (χ2v) is 7.89. The van der Waals surface area contributed by atoms with Gasteiger partial charge >= 0.3 is 6.03 Å². The highest BCUT2D eigenvalue weighted by atomic mass is 16.5. The number of carbonyl (C=O) groups excluding carboxylic acids is 3. The van der Waals surface area contributed by atoms with Crippen molar-refractivity contribution in [2.45, 2.75) is 24.5 Å². The lowest BCUT2D eigenvalue weighted by Gasteiger charge is -2.34. The van der Waals surface area contributed by atoms with Crippen LogP contribution in [0.1, 0.15) is 22.5 Å². The van der Waals surface area contributed by atoms with Gasteiger partial charge in [-0.2, -0.15) is 5.26 Å². The molecule has 3 saturated heterocycles. The Morgan fingerprint density at radius 1 is 1.13 bits per heavy atom. The molecule has 4 amide bonds. The first-order valence-electron chi connectivity index (χ1n) is 9.90.